The lowest BCUT2D eigenvalue weighted by Gasteiger charge is -2.36. The Balaban J connectivity index is 2.29. The van der Waals surface area contributed by atoms with Crippen molar-refractivity contribution in [3.63, 3.8) is 0 Å². The molecule has 0 spiro atoms. The van der Waals surface area contributed by atoms with Crippen molar-refractivity contribution in [3.8, 4) is 6.07 Å². The number of piperidine rings is 1. The van der Waals surface area contributed by atoms with E-state index in [0.717, 1.165) is 31.6 Å². The molecule has 0 radical (unpaired) electrons. The van der Waals surface area contributed by atoms with E-state index in [0.29, 0.717) is 10.6 Å². The summed E-state index contributed by atoms with van der Waals surface area (Å²) in [6.07, 6.45) is 1.73. The Labute approximate surface area is 113 Å². The summed E-state index contributed by atoms with van der Waals surface area (Å²) in [5, 5.41) is 19.5. The van der Waals surface area contributed by atoms with Gasteiger partial charge in [-0.05, 0) is 31.9 Å². The van der Waals surface area contributed by atoms with E-state index in [1.807, 2.05) is 13.0 Å². The minimum atomic E-state index is -0.319. The van der Waals surface area contributed by atoms with E-state index >= 15 is 0 Å². The Morgan fingerprint density at radius 1 is 1.56 bits per heavy atom. The van der Waals surface area contributed by atoms with Crippen molar-refractivity contribution in [2.45, 2.75) is 25.9 Å². The molecule has 2 unspecified atom stereocenters. The Hall–Kier alpha value is -1.24. The highest BCUT2D eigenvalue weighted by molar-refractivity contribution is 6.33. The molecule has 96 valence electrons. The molecule has 0 aromatic heterocycles. The van der Waals surface area contributed by atoms with Crippen LogP contribution in [0.1, 0.15) is 25.3 Å². The van der Waals surface area contributed by atoms with Gasteiger partial charge in [0.2, 0.25) is 0 Å². The van der Waals surface area contributed by atoms with Crippen LogP contribution in [-0.4, -0.2) is 24.3 Å². The van der Waals surface area contributed by atoms with Crippen LogP contribution in [0.5, 0.6) is 0 Å². The highest BCUT2D eigenvalue weighted by atomic mass is 35.5. The zero-order valence-corrected chi connectivity index (χ0v) is 11.2. The zero-order valence-electron chi connectivity index (χ0n) is 10.4. The molecule has 3 nitrogen and oxygen atoms in total. The topological polar surface area (TPSA) is 47.3 Å². The summed E-state index contributed by atoms with van der Waals surface area (Å²) in [7, 11) is 0. The molecule has 1 fully saturated rings. The summed E-state index contributed by atoms with van der Waals surface area (Å²) in [5.41, 5.74) is 1.42. The minimum Gasteiger partial charge on any atom is -0.393 e. The van der Waals surface area contributed by atoms with Gasteiger partial charge in [0.1, 0.15) is 6.07 Å². The van der Waals surface area contributed by atoms with Gasteiger partial charge in [0.05, 0.1) is 22.4 Å². The molecule has 1 saturated heterocycles. The SMILES string of the molecule is CC(O)C1CCCN(c2c(Cl)cccc2C#N)C1. The van der Waals surface area contributed by atoms with Gasteiger partial charge in [0, 0.05) is 19.0 Å². The molecule has 18 heavy (non-hydrogen) atoms. The fourth-order valence-corrected chi connectivity index (χ4v) is 2.83. The Bertz CT molecular complexity index is 467. The quantitative estimate of drug-likeness (QED) is 0.894. The Kier molecular flexibility index (Phi) is 4.11. The van der Waals surface area contributed by atoms with Crippen LogP contribution in [0.25, 0.3) is 0 Å². The second-order valence-electron chi connectivity index (χ2n) is 4.84. The fraction of sp³-hybridized carbons (Fsp3) is 0.500. The van der Waals surface area contributed by atoms with Crippen LogP contribution in [-0.2, 0) is 0 Å². The molecular formula is C14H17ClN2O. The third-order valence-electron chi connectivity index (χ3n) is 3.56. The summed E-state index contributed by atoms with van der Waals surface area (Å²) in [6.45, 7) is 3.48. The van der Waals surface area contributed by atoms with E-state index in [4.69, 9.17) is 16.9 Å². The smallest absolute Gasteiger partial charge is 0.101 e. The third-order valence-corrected chi connectivity index (χ3v) is 3.87. The first-order valence-corrected chi connectivity index (χ1v) is 6.63. The highest BCUT2D eigenvalue weighted by Gasteiger charge is 2.26. The number of hydrogen-bond acceptors (Lipinski definition) is 3. The highest BCUT2D eigenvalue weighted by Crippen LogP contribution is 2.33. The molecule has 2 rings (SSSR count). The minimum absolute atomic E-state index is 0.251. The number of benzene rings is 1. The Morgan fingerprint density at radius 3 is 3.00 bits per heavy atom. The molecule has 0 saturated carbocycles. The second kappa shape index (κ2) is 5.60. The average molecular weight is 265 g/mol. The predicted octanol–water partition coefficient (Wildman–Crippen LogP) is 2.81. The largest absolute Gasteiger partial charge is 0.393 e. The van der Waals surface area contributed by atoms with E-state index in [9.17, 15) is 5.11 Å². The van der Waals surface area contributed by atoms with Crippen molar-refractivity contribution >= 4 is 17.3 Å². The van der Waals surface area contributed by atoms with Gasteiger partial charge in [0.25, 0.3) is 0 Å². The number of nitriles is 1. The van der Waals surface area contributed by atoms with E-state index in [2.05, 4.69) is 11.0 Å². The van der Waals surface area contributed by atoms with Gasteiger partial charge in [0.15, 0.2) is 0 Å². The molecule has 2 atom stereocenters. The third kappa shape index (κ3) is 2.60. The fourth-order valence-electron chi connectivity index (χ4n) is 2.53. The summed E-state index contributed by atoms with van der Waals surface area (Å²) in [4.78, 5) is 2.13. The maximum absolute atomic E-state index is 9.71. The van der Waals surface area contributed by atoms with Crippen LogP contribution in [0.2, 0.25) is 5.02 Å². The molecular weight excluding hydrogens is 248 g/mol. The Morgan fingerprint density at radius 2 is 2.33 bits per heavy atom. The number of aliphatic hydroxyl groups is 1. The molecule has 1 aliphatic rings. The predicted molar refractivity (Wildman–Crippen MR) is 72.8 cm³/mol. The lowest BCUT2D eigenvalue weighted by molar-refractivity contribution is 0.115. The van der Waals surface area contributed by atoms with Gasteiger partial charge in [-0.3, -0.25) is 0 Å². The van der Waals surface area contributed by atoms with Crippen LogP contribution in [0.15, 0.2) is 18.2 Å². The van der Waals surface area contributed by atoms with Crippen molar-refractivity contribution in [2.24, 2.45) is 5.92 Å². The molecule has 0 aliphatic carbocycles. The average Bonchev–Trinajstić information content (AvgIpc) is 2.38. The van der Waals surface area contributed by atoms with Gasteiger partial charge in [-0.2, -0.15) is 5.26 Å². The summed E-state index contributed by atoms with van der Waals surface area (Å²) < 4.78 is 0. The van der Waals surface area contributed by atoms with Gasteiger partial charge >= 0.3 is 0 Å². The molecule has 1 aromatic carbocycles. The molecule has 1 heterocycles. The van der Waals surface area contributed by atoms with Gasteiger partial charge < -0.3 is 10.0 Å². The number of halogens is 1. The first kappa shape index (κ1) is 13.2. The number of hydrogen-bond donors (Lipinski definition) is 1. The standard InChI is InChI=1S/C14H17ClN2O/c1-10(18)12-5-3-7-17(9-12)14-11(8-16)4-2-6-13(14)15/h2,4,6,10,12,18H,3,5,7,9H2,1H3. The molecule has 0 bridgehead atoms. The first-order chi connectivity index (χ1) is 8.63. The number of nitrogens with zero attached hydrogens (tertiary/aromatic N) is 2. The van der Waals surface area contributed by atoms with Crippen molar-refractivity contribution in [3.05, 3.63) is 28.8 Å². The summed E-state index contributed by atoms with van der Waals surface area (Å²) >= 11 is 6.21. The molecule has 1 N–H and O–H groups in total. The molecule has 0 amide bonds. The number of para-hydroxylation sites is 1. The van der Waals surface area contributed by atoms with Gasteiger partial charge in [-0.25, -0.2) is 0 Å². The van der Waals surface area contributed by atoms with E-state index < -0.39 is 0 Å². The van der Waals surface area contributed by atoms with E-state index in [1.54, 1.807) is 12.1 Å². The van der Waals surface area contributed by atoms with Crippen LogP contribution < -0.4 is 4.90 Å². The van der Waals surface area contributed by atoms with Crippen LogP contribution in [0.3, 0.4) is 0 Å². The monoisotopic (exact) mass is 264 g/mol. The lowest BCUT2D eigenvalue weighted by Crippen LogP contribution is -2.40. The van der Waals surface area contributed by atoms with E-state index in [1.165, 1.54) is 0 Å². The van der Waals surface area contributed by atoms with Crippen LogP contribution in [0.4, 0.5) is 5.69 Å². The van der Waals surface area contributed by atoms with Crippen molar-refractivity contribution in [1.82, 2.24) is 0 Å². The molecule has 1 aromatic rings. The second-order valence-corrected chi connectivity index (χ2v) is 5.24. The number of rotatable bonds is 2. The van der Waals surface area contributed by atoms with Crippen LogP contribution >= 0.6 is 11.6 Å². The van der Waals surface area contributed by atoms with E-state index in [-0.39, 0.29) is 12.0 Å². The normalized spacial score (nSPS) is 21.4. The summed E-state index contributed by atoms with van der Waals surface area (Å²) in [6, 6.07) is 7.58. The van der Waals surface area contributed by atoms with Crippen molar-refractivity contribution in [1.29, 1.82) is 5.26 Å². The van der Waals surface area contributed by atoms with Crippen molar-refractivity contribution < 1.29 is 5.11 Å². The maximum atomic E-state index is 9.71. The molecule has 1 aliphatic heterocycles. The van der Waals surface area contributed by atoms with Crippen molar-refractivity contribution in [2.75, 3.05) is 18.0 Å². The lowest BCUT2D eigenvalue weighted by atomic mass is 9.92. The number of aliphatic hydroxyl groups excluding tert-OH is 1. The zero-order chi connectivity index (χ0) is 13.1. The first-order valence-electron chi connectivity index (χ1n) is 6.25. The maximum Gasteiger partial charge on any atom is 0.101 e. The summed E-state index contributed by atoms with van der Waals surface area (Å²) in [5.74, 6) is 0.251. The molecule has 4 heteroatoms. The van der Waals surface area contributed by atoms with Crippen LogP contribution in [0, 0.1) is 17.2 Å². The van der Waals surface area contributed by atoms with Gasteiger partial charge in [-0.1, -0.05) is 17.7 Å². The number of anilines is 1. The van der Waals surface area contributed by atoms with Gasteiger partial charge in [-0.15, -0.1) is 0 Å².